The van der Waals surface area contributed by atoms with Gasteiger partial charge in [-0.15, -0.1) is 0 Å². The second-order valence-corrected chi connectivity index (χ2v) is 12.6. The van der Waals surface area contributed by atoms with Crippen molar-refractivity contribution in [3.8, 4) is 0 Å². The van der Waals surface area contributed by atoms with Crippen LogP contribution in [-0.4, -0.2) is 27.0 Å². The maximum atomic E-state index is 11.4. The van der Waals surface area contributed by atoms with E-state index in [1.165, 1.54) is 12.8 Å². The molecule has 0 aromatic carbocycles. The second-order valence-electron chi connectivity index (χ2n) is 7.86. The Bertz CT molecular complexity index is 325. The molecule has 1 aliphatic rings. The lowest BCUT2D eigenvalue weighted by molar-refractivity contribution is -0.143. The van der Waals surface area contributed by atoms with Gasteiger partial charge in [-0.05, 0) is 63.1 Å². The molecule has 0 aromatic heterocycles. The van der Waals surface area contributed by atoms with E-state index in [-0.39, 0.29) is 11.0 Å². The molecule has 1 fully saturated rings. The standard InChI is InChI=1S/C17H34O3Si/c1-7-19-16(18)13-10-14-8-11-15(12-9-14)20-21(5,6)17(2,3)4/h14-15H,7-13H2,1-6H3. The van der Waals surface area contributed by atoms with Crippen LogP contribution in [-0.2, 0) is 14.0 Å². The smallest absolute Gasteiger partial charge is 0.305 e. The van der Waals surface area contributed by atoms with Crippen molar-refractivity contribution in [2.45, 2.75) is 90.5 Å². The normalized spacial score (nSPS) is 23.9. The summed E-state index contributed by atoms with van der Waals surface area (Å²) in [5.41, 5.74) is 0. The van der Waals surface area contributed by atoms with E-state index >= 15 is 0 Å². The highest BCUT2D eigenvalue weighted by molar-refractivity contribution is 6.74. The Balaban J connectivity index is 2.31. The van der Waals surface area contributed by atoms with Crippen molar-refractivity contribution in [2.75, 3.05) is 6.61 Å². The highest BCUT2D eigenvalue weighted by atomic mass is 28.4. The average molecular weight is 315 g/mol. The minimum absolute atomic E-state index is 0.0443. The topological polar surface area (TPSA) is 35.5 Å². The number of ether oxygens (including phenoxy) is 1. The van der Waals surface area contributed by atoms with Gasteiger partial charge in [0.25, 0.3) is 0 Å². The highest BCUT2D eigenvalue weighted by Gasteiger charge is 2.39. The summed E-state index contributed by atoms with van der Waals surface area (Å²) in [4.78, 5) is 11.4. The Labute approximate surface area is 131 Å². The third-order valence-corrected chi connectivity index (χ3v) is 9.66. The van der Waals surface area contributed by atoms with E-state index in [0.29, 0.717) is 25.0 Å². The van der Waals surface area contributed by atoms with Gasteiger partial charge in [-0.1, -0.05) is 20.8 Å². The first-order valence-electron chi connectivity index (χ1n) is 8.49. The van der Waals surface area contributed by atoms with Crippen molar-refractivity contribution < 1.29 is 14.0 Å². The molecule has 124 valence electrons. The van der Waals surface area contributed by atoms with Crippen molar-refractivity contribution in [1.82, 2.24) is 0 Å². The van der Waals surface area contributed by atoms with Gasteiger partial charge >= 0.3 is 5.97 Å². The van der Waals surface area contributed by atoms with Gasteiger partial charge in [0.05, 0.1) is 6.61 Å². The van der Waals surface area contributed by atoms with Crippen LogP contribution in [0.25, 0.3) is 0 Å². The van der Waals surface area contributed by atoms with Gasteiger partial charge in [-0.25, -0.2) is 0 Å². The summed E-state index contributed by atoms with van der Waals surface area (Å²) in [7, 11) is -1.64. The molecule has 0 spiro atoms. The molecule has 21 heavy (non-hydrogen) atoms. The van der Waals surface area contributed by atoms with E-state index in [1.54, 1.807) is 0 Å². The van der Waals surface area contributed by atoms with E-state index in [4.69, 9.17) is 9.16 Å². The van der Waals surface area contributed by atoms with Gasteiger partial charge in [0.2, 0.25) is 0 Å². The molecule has 0 unspecified atom stereocenters. The van der Waals surface area contributed by atoms with Crippen LogP contribution in [0.5, 0.6) is 0 Å². The SMILES string of the molecule is CCOC(=O)CCC1CCC(O[Si](C)(C)C(C)(C)C)CC1. The van der Waals surface area contributed by atoms with Crippen LogP contribution in [0.4, 0.5) is 0 Å². The van der Waals surface area contributed by atoms with Crippen molar-refractivity contribution in [3.05, 3.63) is 0 Å². The first kappa shape index (κ1) is 18.7. The fourth-order valence-corrected chi connectivity index (χ4v) is 4.11. The fraction of sp³-hybridized carbons (Fsp3) is 0.941. The van der Waals surface area contributed by atoms with Gasteiger partial charge in [-0.3, -0.25) is 4.79 Å². The largest absolute Gasteiger partial charge is 0.466 e. The third-order valence-electron chi connectivity index (χ3n) is 5.12. The molecule has 0 aromatic rings. The number of esters is 1. The van der Waals surface area contributed by atoms with Gasteiger partial charge in [0.1, 0.15) is 0 Å². The van der Waals surface area contributed by atoms with Crippen LogP contribution in [0.3, 0.4) is 0 Å². The van der Waals surface area contributed by atoms with Crippen molar-refractivity contribution in [2.24, 2.45) is 5.92 Å². The molecule has 3 nitrogen and oxygen atoms in total. The van der Waals surface area contributed by atoms with Crippen LogP contribution in [0.15, 0.2) is 0 Å². The van der Waals surface area contributed by atoms with Gasteiger partial charge in [0, 0.05) is 12.5 Å². The van der Waals surface area contributed by atoms with E-state index < -0.39 is 8.32 Å². The number of hydrogen-bond donors (Lipinski definition) is 0. The average Bonchev–Trinajstić information content (AvgIpc) is 2.36. The van der Waals surface area contributed by atoms with Crippen LogP contribution < -0.4 is 0 Å². The summed E-state index contributed by atoms with van der Waals surface area (Å²) in [5.74, 6) is 0.630. The lowest BCUT2D eigenvalue weighted by atomic mass is 9.85. The zero-order chi connectivity index (χ0) is 16.1. The van der Waals surface area contributed by atoms with Crippen molar-refractivity contribution in [3.63, 3.8) is 0 Å². The predicted octanol–water partition coefficient (Wildman–Crippen LogP) is 4.91. The molecule has 0 amide bonds. The van der Waals surface area contributed by atoms with E-state index in [2.05, 4.69) is 33.9 Å². The van der Waals surface area contributed by atoms with E-state index in [0.717, 1.165) is 19.3 Å². The molecule has 0 atom stereocenters. The Morgan fingerprint density at radius 1 is 1.14 bits per heavy atom. The second kappa shape index (κ2) is 7.77. The van der Waals surface area contributed by atoms with Crippen LogP contribution in [0, 0.1) is 5.92 Å². The highest BCUT2D eigenvalue weighted by Crippen LogP contribution is 2.40. The first-order valence-corrected chi connectivity index (χ1v) is 11.4. The molecule has 1 aliphatic carbocycles. The summed E-state index contributed by atoms with van der Waals surface area (Å²) >= 11 is 0. The molecule has 0 heterocycles. The minimum Gasteiger partial charge on any atom is -0.466 e. The maximum absolute atomic E-state index is 11.4. The number of rotatable bonds is 6. The molecular formula is C17H34O3Si. The zero-order valence-corrected chi connectivity index (χ0v) is 15.8. The van der Waals surface area contributed by atoms with Crippen molar-refractivity contribution >= 4 is 14.3 Å². The molecule has 4 heteroatoms. The number of hydrogen-bond acceptors (Lipinski definition) is 3. The lowest BCUT2D eigenvalue weighted by Crippen LogP contribution is -2.44. The molecule has 0 aliphatic heterocycles. The molecule has 0 N–H and O–H groups in total. The van der Waals surface area contributed by atoms with Crippen LogP contribution in [0.1, 0.15) is 66.2 Å². The lowest BCUT2D eigenvalue weighted by Gasteiger charge is -2.41. The van der Waals surface area contributed by atoms with Gasteiger partial charge < -0.3 is 9.16 Å². The third kappa shape index (κ3) is 6.11. The molecule has 0 radical (unpaired) electrons. The molecule has 0 saturated heterocycles. The summed E-state index contributed by atoms with van der Waals surface area (Å²) in [6.45, 7) is 13.9. The number of carbonyl (C=O) groups is 1. The van der Waals surface area contributed by atoms with E-state index in [9.17, 15) is 4.79 Å². The Kier molecular flexibility index (Phi) is 6.92. The molecule has 1 rings (SSSR count). The summed E-state index contributed by atoms with van der Waals surface area (Å²) in [6.07, 6.45) is 6.68. The summed E-state index contributed by atoms with van der Waals surface area (Å²) in [6, 6.07) is 0. The molecular weight excluding hydrogens is 280 g/mol. The quantitative estimate of drug-likeness (QED) is 0.516. The fourth-order valence-electron chi connectivity index (χ4n) is 2.69. The summed E-state index contributed by atoms with van der Waals surface area (Å²) < 4.78 is 11.5. The van der Waals surface area contributed by atoms with Crippen molar-refractivity contribution in [1.29, 1.82) is 0 Å². The first-order chi connectivity index (χ1) is 9.65. The molecule has 0 bridgehead atoms. The van der Waals surface area contributed by atoms with Gasteiger partial charge in [-0.2, -0.15) is 0 Å². The Morgan fingerprint density at radius 2 is 1.71 bits per heavy atom. The predicted molar refractivity (Wildman–Crippen MR) is 89.9 cm³/mol. The van der Waals surface area contributed by atoms with E-state index in [1.807, 2.05) is 6.92 Å². The maximum Gasteiger partial charge on any atom is 0.305 e. The number of carbonyl (C=O) groups excluding carboxylic acids is 1. The van der Waals surface area contributed by atoms with Crippen LogP contribution >= 0.6 is 0 Å². The zero-order valence-electron chi connectivity index (χ0n) is 14.8. The molecule has 1 saturated carbocycles. The van der Waals surface area contributed by atoms with Crippen LogP contribution in [0.2, 0.25) is 18.1 Å². The van der Waals surface area contributed by atoms with Gasteiger partial charge in [0.15, 0.2) is 8.32 Å². The monoisotopic (exact) mass is 314 g/mol. The summed E-state index contributed by atoms with van der Waals surface area (Å²) in [5, 5.41) is 0.285. The Morgan fingerprint density at radius 3 is 2.19 bits per heavy atom. The minimum atomic E-state index is -1.64. The Hall–Kier alpha value is -0.353.